The molecule has 0 aliphatic heterocycles. The van der Waals surface area contributed by atoms with E-state index in [4.69, 9.17) is 9.84 Å². The summed E-state index contributed by atoms with van der Waals surface area (Å²) in [5.41, 5.74) is 0. The summed E-state index contributed by atoms with van der Waals surface area (Å²) in [6, 6.07) is 0. The highest BCUT2D eigenvalue weighted by Gasteiger charge is 2.11. The number of carbonyl (C=O) groups excluding carboxylic acids is 1. The first-order valence-corrected chi connectivity index (χ1v) is 14.4. The molecule has 0 aliphatic carbocycles. The van der Waals surface area contributed by atoms with Gasteiger partial charge in [-0.25, -0.2) is 0 Å². The van der Waals surface area contributed by atoms with Crippen LogP contribution in [0.3, 0.4) is 0 Å². The normalized spacial score (nSPS) is 12.1. The number of carboxylic acids is 1. The molecular formula is C29H56O4. The van der Waals surface area contributed by atoms with Crippen LogP contribution in [-0.2, 0) is 14.3 Å². The second-order valence-corrected chi connectivity index (χ2v) is 10.0. The smallest absolute Gasteiger partial charge is 0.303 e. The maximum absolute atomic E-state index is 11.4. The van der Waals surface area contributed by atoms with Crippen molar-refractivity contribution in [2.45, 2.75) is 174 Å². The summed E-state index contributed by atoms with van der Waals surface area (Å²) in [6.45, 7) is 3.79. The highest BCUT2D eigenvalue weighted by Crippen LogP contribution is 2.18. The van der Waals surface area contributed by atoms with Crippen LogP contribution in [0, 0.1) is 0 Å². The molecule has 0 aromatic carbocycles. The number of hydrogen-bond donors (Lipinski definition) is 1. The molecule has 0 aromatic rings. The number of carboxylic acid groups (broad SMARTS) is 1. The summed E-state index contributed by atoms with van der Waals surface area (Å²) in [6.07, 6.45) is 29.2. The lowest BCUT2D eigenvalue weighted by Gasteiger charge is -2.17. The number of esters is 1. The van der Waals surface area contributed by atoms with E-state index in [-0.39, 0.29) is 18.5 Å². The highest BCUT2D eigenvalue weighted by atomic mass is 16.5. The maximum atomic E-state index is 11.4. The molecule has 0 radical (unpaired) electrons. The van der Waals surface area contributed by atoms with Crippen molar-refractivity contribution in [2.75, 3.05) is 0 Å². The Morgan fingerprint density at radius 1 is 0.576 bits per heavy atom. The van der Waals surface area contributed by atoms with E-state index in [0.717, 1.165) is 51.4 Å². The zero-order valence-corrected chi connectivity index (χ0v) is 22.2. The first-order valence-electron chi connectivity index (χ1n) is 14.4. The predicted octanol–water partition coefficient (Wildman–Crippen LogP) is 9.39. The van der Waals surface area contributed by atoms with E-state index in [0.29, 0.717) is 0 Å². The second kappa shape index (κ2) is 25.6. The van der Waals surface area contributed by atoms with Gasteiger partial charge in [-0.3, -0.25) is 9.59 Å². The van der Waals surface area contributed by atoms with Crippen LogP contribution in [0.5, 0.6) is 0 Å². The first-order chi connectivity index (χ1) is 16.1. The monoisotopic (exact) mass is 468 g/mol. The SMILES string of the molecule is CCCCCCCCCCCCCCCCCCC(CCCCCCCC(=O)O)OC(C)=O. The van der Waals surface area contributed by atoms with E-state index in [2.05, 4.69) is 6.92 Å². The van der Waals surface area contributed by atoms with Crippen molar-refractivity contribution >= 4 is 11.9 Å². The molecule has 0 amide bonds. The molecule has 0 fully saturated rings. The van der Waals surface area contributed by atoms with E-state index >= 15 is 0 Å². The molecule has 0 aliphatic rings. The lowest BCUT2D eigenvalue weighted by atomic mass is 10.0. The van der Waals surface area contributed by atoms with Gasteiger partial charge in [0.25, 0.3) is 0 Å². The van der Waals surface area contributed by atoms with Gasteiger partial charge in [0.2, 0.25) is 0 Å². The number of unbranched alkanes of at least 4 members (excludes halogenated alkanes) is 19. The van der Waals surface area contributed by atoms with Gasteiger partial charge in [0.05, 0.1) is 0 Å². The van der Waals surface area contributed by atoms with Gasteiger partial charge in [-0.15, -0.1) is 0 Å². The third kappa shape index (κ3) is 27.1. The van der Waals surface area contributed by atoms with Gasteiger partial charge in [-0.1, -0.05) is 122 Å². The Morgan fingerprint density at radius 3 is 1.24 bits per heavy atom. The molecule has 0 saturated carbocycles. The van der Waals surface area contributed by atoms with Crippen LogP contribution in [-0.4, -0.2) is 23.1 Å². The predicted molar refractivity (Wildman–Crippen MR) is 140 cm³/mol. The lowest BCUT2D eigenvalue weighted by Crippen LogP contribution is -2.16. The van der Waals surface area contributed by atoms with Gasteiger partial charge in [0.1, 0.15) is 6.10 Å². The van der Waals surface area contributed by atoms with Crippen LogP contribution in [0.4, 0.5) is 0 Å². The largest absolute Gasteiger partial charge is 0.481 e. The third-order valence-electron chi connectivity index (χ3n) is 6.63. The van der Waals surface area contributed by atoms with E-state index in [9.17, 15) is 9.59 Å². The number of rotatable bonds is 26. The minimum Gasteiger partial charge on any atom is -0.481 e. The Balaban J connectivity index is 3.49. The van der Waals surface area contributed by atoms with Crippen LogP contribution in [0.15, 0.2) is 0 Å². The maximum Gasteiger partial charge on any atom is 0.303 e. The molecule has 0 spiro atoms. The summed E-state index contributed by atoms with van der Waals surface area (Å²) in [4.78, 5) is 21.9. The summed E-state index contributed by atoms with van der Waals surface area (Å²) < 4.78 is 5.52. The quantitative estimate of drug-likeness (QED) is 0.101. The lowest BCUT2D eigenvalue weighted by molar-refractivity contribution is -0.147. The van der Waals surface area contributed by atoms with Crippen molar-refractivity contribution in [1.82, 2.24) is 0 Å². The molecule has 0 rings (SSSR count). The Kier molecular flexibility index (Phi) is 24.7. The van der Waals surface area contributed by atoms with Crippen molar-refractivity contribution in [3.05, 3.63) is 0 Å². The van der Waals surface area contributed by atoms with Crippen molar-refractivity contribution in [3.63, 3.8) is 0 Å². The average Bonchev–Trinajstić information content (AvgIpc) is 2.77. The van der Waals surface area contributed by atoms with Crippen LogP contribution in [0.1, 0.15) is 168 Å². The highest BCUT2D eigenvalue weighted by molar-refractivity contribution is 5.66. The Hall–Kier alpha value is -1.06. The van der Waals surface area contributed by atoms with E-state index in [1.165, 1.54) is 103 Å². The van der Waals surface area contributed by atoms with Crippen molar-refractivity contribution < 1.29 is 19.4 Å². The average molecular weight is 469 g/mol. The molecule has 0 aromatic heterocycles. The fourth-order valence-electron chi connectivity index (χ4n) is 4.60. The van der Waals surface area contributed by atoms with Crippen LogP contribution >= 0.6 is 0 Å². The van der Waals surface area contributed by atoms with Gasteiger partial charge in [0.15, 0.2) is 0 Å². The zero-order valence-electron chi connectivity index (χ0n) is 22.2. The summed E-state index contributed by atoms with van der Waals surface area (Å²) >= 11 is 0. The molecular weight excluding hydrogens is 412 g/mol. The Morgan fingerprint density at radius 2 is 0.909 bits per heavy atom. The van der Waals surface area contributed by atoms with Crippen molar-refractivity contribution in [2.24, 2.45) is 0 Å². The van der Waals surface area contributed by atoms with Crippen LogP contribution in [0.25, 0.3) is 0 Å². The number of carbonyl (C=O) groups is 2. The molecule has 1 atom stereocenters. The molecule has 196 valence electrons. The Labute approximate surface area is 205 Å². The van der Waals surface area contributed by atoms with Gasteiger partial charge in [0, 0.05) is 13.3 Å². The number of ether oxygens (including phenoxy) is 1. The third-order valence-corrected chi connectivity index (χ3v) is 6.63. The Bertz CT molecular complexity index is 435. The zero-order chi connectivity index (χ0) is 24.4. The van der Waals surface area contributed by atoms with E-state index in [1.54, 1.807) is 0 Å². The molecule has 1 unspecified atom stereocenters. The van der Waals surface area contributed by atoms with Gasteiger partial charge in [-0.2, -0.15) is 0 Å². The van der Waals surface area contributed by atoms with Crippen LogP contribution in [0.2, 0.25) is 0 Å². The van der Waals surface area contributed by atoms with Gasteiger partial charge in [-0.05, 0) is 32.1 Å². The van der Waals surface area contributed by atoms with Gasteiger partial charge >= 0.3 is 11.9 Å². The van der Waals surface area contributed by atoms with Gasteiger partial charge < -0.3 is 9.84 Å². The summed E-state index contributed by atoms with van der Waals surface area (Å²) in [5, 5.41) is 8.66. The van der Waals surface area contributed by atoms with E-state index < -0.39 is 5.97 Å². The van der Waals surface area contributed by atoms with E-state index in [1.807, 2.05) is 0 Å². The van der Waals surface area contributed by atoms with Crippen molar-refractivity contribution in [3.8, 4) is 0 Å². The second-order valence-electron chi connectivity index (χ2n) is 10.0. The minimum atomic E-state index is -0.705. The summed E-state index contributed by atoms with van der Waals surface area (Å²) in [5.74, 6) is -0.873. The number of aliphatic carboxylic acids is 1. The topological polar surface area (TPSA) is 63.6 Å². The molecule has 0 heterocycles. The number of hydrogen-bond acceptors (Lipinski definition) is 3. The van der Waals surface area contributed by atoms with Crippen molar-refractivity contribution in [1.29, 1.82) is 0 Å². The minimum absolute atomic E-state index is 0.0631. The fourth-order valence-corrected chi connectivity index (χ4v) is 4.60. The first kappa shape index (κ1) is 31.9. The molecule has 0 saturated heterocycles. The van der Waals surface area contributed by atoms with Crippen LogP contribution < -0.4 is 0 Å². The molecule has 4 heteroatoms. The molecule has 4 nitrogen and oxygen atoms in total. The molecule has 33 heavy (non-hydrogen) atoms. The summed E-state index contributed by atoms with van der Waals surface area (Å²) in [7, 11) is 0. The molecule has 0 bridgehead atoms. The molecule has 1 N–H and O–H groups in total. The standard InChI is InChI=1S/C29H56O4/c1-3-4-5-6-7-8-9-10-11-12-13-14-15-16-18-21-24-28(33-27(2)30)25-22-19-17-20-23-26-29(31)32/h28H,3-26H2,1-2H3,(H,31,32). The fraction of sp³-hybridized carbons (Fsp3) is 0.931.